The number of alkyl halides is 3. The molecule has 0 rings (SSSR count). The number of carbonyl (C=O) groups is 2. The summed E-state index contributed by atoms with van der Waals surface area (Å²) < 4.78 is 43.2. The summed E-state index contributed by atoms with van der Waals surface area (Å²) in [5.74, 6) is -1.50. The standard InChI is InChI=1S/C8H11F3O4/c1-2-15-7(13)3-6(12)4-14-5-8(9,10)11/h2-5H2,1H3. The Morgan fingerprint density at radius 3 is 2.33 bits per heavy atom. The van der Waals surface area contributed by atoms with Gasteiger partial charge >= 0.3 is 12.1 Å². The molecule has 0 aliphatic rings. The molecule has 0 aromatic heterocycles. The van der Waals surface area contributed by atoms with Gasteiger partial charge in [0.15, 0.2) is 5.78 Å². The number of esters is 1. The quantitative estimate of drug-likeness (QED) is 0.504. The number of ether oxygens (including phenoxy) is 2. The van der Waals surface area contributed by atoms with Crippen LogP contribution < -0.4 is 0 Å². The first kappa shape index (κ1) is 13.9. The average molecular weight is 228 g/mol. The summed E-state index contributed by atoms with van der Waals surface area (Å²) >= 11 is 0. The second kappa shape index (κ2) is 6.39. The number of carbonyl (C=O) groups excluding carboxylic acids is 2. The summed E-state index contributed by atoms with van der Waals surface area (Å²) in [6, 6.07) is 0. The number of hydrogen-bond acceptors (Lipinski definition) is 4. The van der Waals surface area contributed by atoms with E-state index in [2.05, 4.69) is 9.47 Å². The van der Waals surface area contributed by atoms with Crippen LogP contribution in [0.25, 0.3) is 0 Å². The van der Waals surface area contributed by atoms with Gasteiger partial charge in [0.2, 0.25) is 0 Å². The fraction of sp³-hybridized carbons (Fsp3) is 0.750. The molecule has 0 heterocycles. The zero-order valence-electron chi connectivity index (χ0n) is 8.10. The number of hydrogen-bond donors (Lipinski definition) is 0. The SMILES string of the molecule is CCOC(=O)CC(=O)COCC(F)(F)F. The maximum Gasteiger partial charge on any atom is 0.411 e. The highest BCUT2D eigenvalue weighted by molar-refractivity contribution is 5.96. The fourth-order valence-electron chi connectivity index (χ4n) is 0.705. The second-order valence-corrected chi connectivity index (χ2v) is 2.63. The molecule has 0 unspecified atom stereocenters. The van der Waals surface area contributed by atoms with E-state index in [4.69, 9.17) is 0 Å². The van der Waals surface area contributed by atoms with Gasteiger partial charge in [-0.25, -0.2) is 0 Å². The monoisotopic (exact) mass is 228 g/mol. The molecule has 0 aromatic rings. The van der Waals surface area contributed by atoms with Crippen LogP contribution in [0.4, 0.5) is 13.2 Å². The third-order valence-corrected chi connectivity index (χ3v) is 1.18. The number of Topliss-reactive ketones (excluding diaryl/α,β-unsaturated/α-hetero) is 1. The van der Waals surface area contributed by atoms with Crippen molar-refractivity contribution in [2.45, 2.75) is 19.5 Å². The van der Waals surface area contributed by atoms with Gasteiger partial charge in [0.25, 0.3) is 0 Å². The van der Waals surface area contributed by atoms with Crippen molar-refractivity contribution in [2.75, 3.05) is 19.8 Å². The molecule has 0 spiro atoms. The molecule has 0 amide bonds. The van der Waals surface area contributed by atoms with E-state index in [1.807, 2.05) is 0 Å². The minimum absolute atomic E-state index is 0.121. The van der Waals surface area contributed by atoms with Crippen LogP contribution in [0.2, 0.25) is 0 Å². The zero-order chi connectivity index (χ0) is 11.9. The average Bonchev–Trinajstić information content (AvgIpc) is 2.01. The van der Waals surface area contributed by atoms with E-state index in [9.17, 15) is 22.8 Å². The summed E-state index contributed by atoms with van der Waals surface area (Å²) in [4.78, 5) is 21.5. The summed E-state index contributed by atoms with van der Waals surface area (Å²) in [6.45, 7) is -0.558. The first-order valence-corrected chi connectivity index (χ1v) is 4.17. The van der Waals surface area contributed by atoms with Crippen LogP contribution >= 0.6 is 0 Å². The third kappa shape index (κ3) is 9.20. The largest absolute Gasteiger partial charge is 0.466 e. The Bertz CT molecular complexity index is 224. The van der Waals surface area contributed by atoms with Gasteiger partial charge in [0.05, 0.1) is 6.61 Å². The zero-order valence-corrected chi connectivity index (χ0v) is 8.10. The maximum absolute atomic E-state index is 11.6. The van der Waals surface area contributed by atoms with Crippen LogP contribution in [0.1, 0.15) is 13.3 Å². The highest BCUT2D eigenvalue weighted by atomic mass is 19.4. The maximum atomic E-state index is 11.6. The van der Waals surface area contributed by atoms with Crippen molar-refractivity contribution in [3.05, 3.63) is 0 Å². The predicted molar refractivity (Wildman–Crippen MR) is 43.1 cm³/mol. The second-order valence-electron chi connectivity index (χ2n) is 2.63. The van der Waals surface area contributed by atoms with E-state index in [0.717, 1.165) is 0 Å². The Balaban J connectivity index is 3.62. The topological polar surface area (TPSA) is 52.6 Å². The van der Waals surface area contributed by atoms with E-state index >= 15 is 0 Å². The molecule has 0 atom stereocenters. The van der Waals surface area contributed by atoms with Crippen LogP contribution in [0, 0.1) is 0 Å². The van der Waals surface area contributed by atoms with Gasteiger partial charge in [-0.2, -0.15) is 13.2 Å². The first-order chi connectivity index (χ1) is 6.85. The Labute approximate surface area is 84.3 Å². The Morgan fingerprint density at radius 1 is 1.27 bits per heavy atom. The highest BCUT2D eigenvalue weighted by Gasteiger charge is 2.27. The molecule has 7 heteroatoms. The summed E-state index contributed by atoms with van der Waals surface area (Å²) in [6.07, 6.45) is -5.03. The summed E-state index contributed by atoms with van der Waals surface area (Å²) in [5.41, 5.74) is 0. The molecule has 4 nitrogen and oxygen atoms in total. The predicted octanol–water partition coefficient (Wildman–Crippen LogP) is 1.09. The molecule has 0 saturated carbocycles. The number of rotatable bonds is 6. The van der Waals surface area contributed by atoms with Crippen LogP contribution in [-0.4, -0.2) is 37.7 Å². The van der Waals surface area contributed by atoms with Crippen LogP contribution in [0.3, 0.4) is 0 Å². The van der Waals surface area contributed by atoms with Gasteiger partial charge in [-0.15, -0.1) is 0 Å². The van der Waals surface area contributed by atoms with Crippen molar-refractivity contribution in [1.82, 2.24) is 0 Å². The lowest BCUT2D eigenvalue weighted by Crippen LogP contribution is -2.22. The molecule has 0 bridgehead atoms. The molecule has 0 N–H and O–H groups in total. The molecular weight excluding hydrogens is 217 g/mol. The van der Waals surface area contributed by atoms with Crippen molar-refractivity contribution < 1.29 is 32.2 Å². The number of halogens is 3. The van der Waals surface area contributed by atoms with Gasteiger partial charge in [-0.05, 0) is 6.92 Å². The fourth-order valence-corrected chi connectivity index (χ4v) is 0.705. The minimum Gasteiger partial charge on any atom is -0.466 e. The van der Waals surface area contributed by atoms with E-state index in [0.29, 0.717) is 0 Å². The number of ketones is 1. The first-order valence-electron chi connectivity index (χ1n) is 4.17. The Morgan fingerprint density at radius 2 is 1.87 bits per heavy atom. The molecule has 0 fully saturated rings. The third-order valence-electron chi connectivity index (χ3n) is 1.18. The van der Waals surface area contributed by atoms with Gasteiger partial charge in [0, 0.05) is 0 Å². The Hall–Kier alpha value is -1.11. The van der Waals surface area contributed by atoms with Crippen LogP contribution in [-0.2, 0) is 19.1 Å². The van der Waals surface area contributed by atoms with Crippen molar-refractivity contribution in [3.8, 4) is 0 Å². The smallest absolute Gasteiger partial charge is 0.411 e. The molecule has 88 valence electrons. The molecule has 0 aliphatic heterocycles. The van der Waals surface area contributed by atoms with Crippen molar-refractivity contribution in [1.29, 1.82) is 0 Å². The van der Waals surface area contributed by atoms with E-state index in [1.165, 1.54) is 0 Å². The van der Waals surface area contributed by atoms with Gasteiger partial charge < -0.3 is 9.47 Å². The highest BCUT2D eigenvalue weighted by Crippen LogP contribution is 2.14. The van der Waals surface area contributed by atoms with Crippen molar-refractivity contribution in [2.24, 2.45) is 0 Å². The summed E-state index contributed by atoms with van der Waals surface area (Å²) in [5, 5.41) is 0. The minimum atomic E-state index is -4.47. The summed E-state index contributed by atoms with van der Waals surface area (Å²) in [7, 11) is 0. The molecule has 0 radical (unpaired) electrons. The molecule has 15 heavy (non-hydrogen) atoms. The molecule has 0 aliphatic carbocycles. The lowest BCUT2D eigenvalue weighted by molar-refractivity contribution is -0.175. The van der Waals surface area contributed by atoms with Gasteiger partial charge in [-0.3, -0.25) is 9.59 Å². The van der Waals surface area contributed by atoms with Crippen LogP contribution in [0.5, 0.6) is 0 Å². The molecule has 0 saturated heterocycles. The lowest BCUT2D eigenvalue weighted by Gasteiger charge is -2.06. The van der Waals surface area contributed by atoms with Crippen molar-refractivity contribution >= 4 is 11.8 Å². The normalized spacial score (nSPS) is 11.2. The van der Waals surface area contributed by atoms with Crippen LogP contribution in [0.15, 0.2) is 0 Å². The molecular formula is C8H11F3O4. The van der Waals surface area contributed by atoms with Gasteiger partial charge in [-0.1, -0.05) is 0 Å². The van der Waals surface area contributed by atoms with E-state index in [-0.39, 0.29) is 6.61 Å². The van der Waals surface area contributed by atoms with E-state index in [1.54, 1.807) is 6.92 Å². The lowest BCUT2D eigenvalue weighted by atomic mass is 10.3. The van der Waals surface area contributed by atoms with E-state index < -0.39 is 37.6 Å². The molecule has 0 aromatic carbocycles. The van der Waals surface area contributed by atoms with Crippen molar-refractivity contribution in [3.63, 3.8) is 0 Å². The Kier molecular flexibility index (Phi) is 5.92. The van der Waals surface area contributed by atoms with Gasteiger partial charge in [0.1, 0.15) is 19.6 Å².